The van der Waals surface area contributed by atoms with E-state index in [4.69, 9.17) is 0 Å². The van der Waals surface area contributed by atoms with Gasteiger partial charge in [-0.1, -0.05) is 18.2 Å². The van der Waals surface area contributed by atoms with E-state index < -0.39 is 0 Å². The summed E-state index contributed by atoms with van der Waals surface area (Å²) in [6, 6.07) is 12.5. The highest BCUT2D eigenvalue weighted by Crippen LogP contribution is 2.34. The molecule has 0 saturated heterocycles. The van der Waals surface area contributed by atoms with E-state index in [-0.39, 0.29) is 5.82 Å². The summed E-state index contributed by atoms with van der Waals surface area (Å²) in [4.78, 5) is 12.2. The number of hydrogen-bond acceptors (Lipinski definition) is 4. The molecule has 5 aromatic heterocycles. The maximum atomic E-state index is 14.4. The van der Waals surface area contributed by atoms with E-state index in [1.54, 1.807) is 36.9 Å². The second kappa shape index (κ2) is 6.35. The van der Waals surface area contributed by atoms with Crippen molar-refractivity contribution in [2.75, 3.05) is 0 Å². The summed E-state index contributed by atoms with van der Waals surface area (Å²) >= 11 is 0. The summed E-state index contributed by atoms with van der Waals surface area (Å²) in [6.07, 6.45) is 6.94. The van der Waals surface area contributed by atoms with Crippen molar-refractivity contribution in [2.45, 2.75) is 0 Å². The third-order valence-corrected chi connectivity index (χ3v) is 5.19. The molecule has 144 valence electrons. The van der Waals surface area contributed by atoms with E-state index in [2.05, 4.69) is 35.3 Å². The first-order valence-corrected chi connectivity index (χ1v) is 9.34. The molecule has 0 spiro atoms. The second-order valence-corrected chi connectivity index (χ2v) is 6.96. The van der Waals surface area contributed by atoms with Crippen molar-refractivity contribution in [1.82, 2.24) is 35.3 Å². The molecule has 0 fully saturated rings. The molecule has 1 aromatic carbocycles. The third kappa shape index (κ3) is 2.51. The van der Waals surface area contributed by atoms with Gasteiger partial charge >= 0.3 is 0 Å². The van der Waals surface area contributed by atoms with Gasteiger partial charge in [0.15, 0.2) is 0 Å². The van der Waals surface area contributed by atoms with Gasteiger partial charge in [-0.15, -0.1) is 0 Å². The van der Waals surface area contributed by atoms with Crippen LogP contribution in [0.1, 0.15) is 0 Å². The average molecular weight is 395 g/mol. The first-order valence-electron chi connectivity index (χ1n) is 9.34. The van der Waals surface area contributed by atoms with Crippen molar-refractivity contribution in [1.29, 1.82) is 0 Å². The van der Waals surface area contributed by atoms with Crippen LogP contribution in [-0.2, 0) is 0 Å². The number of benzene rings is 1. The zero-order valence-electron chi connectivity index (χ0n) is 15.5. The number of halogens is 1. The number of aromatic amines is 3. The Labute approximate surface area is 169 Å². The highest BCUT2D eigenvalue weighted by atomic mass is 19.1. The van der Waals surface area contributed by atoms with E-state index in [0.717, 1.165) is 44.5 Å². The van der Waals surface area contributed by atoms with Crippen LogP contribution >= 0.6 is 0 Å². The van der Waals surface area contributed by atoms with Crippen LogP contribution in [0.2, 0.25) is 0 Å². The minimum atomic E-state index is -0.270. The Morgan fingerprint density at radius 2 is 1.83 bits per heavy atom. The van der Waals surface area contributed by atoms with Gasteiger partial charge < -0.3 is 4.98 Å². The molecule has 0 radical (unpaired) electrons. The Hall–Kier alpha value is -4.33. The predicted octanol–water partition coefficient (Wildman–Crippen LogP) is 4.70. The number of fused-ring (bicyclic) bond motifs is 2. The molecular weight excluding hydrogens is 381 g/mol. The summed E-state index contributed by atoms with van der Waals surface area (Å²) in [7, 11) is 0. The van der Waals surface area contributed by atoms with Crippen LogP contribution in [0.4, 0.5) is 4.39 Å². The number of rotatable bonds is 3. The molecule has 6 rings (SSSR count). The molecule has 6 aromatic rings. The standard InChI is InChI=1S/C22H14FN7/c23-17-4-2-1-3-14(17)13-5-6-24-22-15(13)7-19(28-22)21-16-8-18(12-9-26-27-10-12)25-11-20(16)29-30-21/h1-11H,(H,24,28)(H,26,27)(H,29,30). The summed E-state index contributed by atoms with van der Waals surface area (Å²) < 4.78 is 14.4. The highest BCUT2D eigenvalue weighted by molar-refractivity contribution is 6.00. The van der Waals surface area contributed by atoms with Crippen LogP contribution in [-0.4, -0.2) is 35.3 Å². The zero-order valence-corrected chi connectivity index (χ0v) is 15.5. The van der Waals surface area contributed by atoms with Gasteiger partial charge in [-0.2, -0.15) is 10.2 Å². The Balaban J connectivity index is 1.54. The lowest BCUT2D eigenvalue weighted by molar-refractivity contribution is 0.631. The van der Waals surface area contributed by atoms with Gasteiger partial charge in [0.1, 0.15) is 17.2 Å². The van der Waals surface area contributed by atoms with Crippen molar-refractivity contribution < 1.29 is 4.39 Å². The lowest BCUT2D eigenvalue weighted by Crippen LogP contribution is -1.85. The second-order valence-electron chi connectivity index (χ2n) is 6.96. The first kappa shape index (κ1) is 16.6. The topological polar surface area (TPSA) is 98.9 Å². The van der Waals surface area contributed by atoms with Crippen molar-refractivity contribution in [3.05, 3.63) is 73.1 Å². The molecule has 0 aliphatic carbocycles. The molecule has 0 aliphatic rings. The van der Waals surface area contributed by atoms with Gasteiger partial charge in [-0.3, -0.25) is 15.2 Å². The minimum absolute atomic E-state index is 0.270. The number of H-pyrrole nitrogens is 3. The Morgan fingerprint density at radius 1 is 0.900 bits per heavy atom. The van der Waals surface area contributed by atoms with Gasteiger partial charge in [0.2, 0.25) is 0 Å². The van der Waals surface area contributed by atoms with Crippen LogP contribution in [0.15, 0.2) is 67.3 Å². The number of nitrogens with one attached hydrogen (secondary N) is 3. The van der Waals surface area contributed by atoms with Gasteiger partial charge in [0.05, 0.1) is 29.3 Å². The van der Waals surface area contributed by atoms with Crippen molar-refractivity contribution in [2.24, 2.45) is 0 Å². The fourth-order valence-corrected chi connectivity index (χ4v) is 3.74. The maximum Gasteiger partial charge on any atom is 0.138 e. The first-order chi connectivity index (χ1) is 14.8. The lowest BCUT2D eigenvalue weighted by atomic mass is 10.0. The van der Waals surface area contributed by atoms with Crippen molar-refractivity contribution >= 4 is 21.9 Å². The van der Waals surface area contributed by atoms with Crippen LogP contribution in [0.3, 0.4) is 0 Å². The zero-order chi connectivity index (χ0) is 20.1. The molecule has 3 N–H and O–H groups in total. The molecule has 8 heteroatoms. The number of nitrogens with zero attached hydrogens (tertiary/aromatic N) is 4. The Morgan fingerprint density at radius 3 is 2.70 bits per heavy atom. The molecular formula is C22H14FN7. The Bertz CT molecular complexity index is 1510. The summed E-state index contributed by atoms with van der Waals surface area (Å²) in [5.41, 5.74) is 6.02. The molecule has 30 heavy (non-hydrogen) atoms. The largest absolute Gasteiger partial charge is 0.338 e. The average Bonchev–Trinajstić information content (AvgIpc) is 3.51. The molecule has 0 atom stereocenters. The van der Waals surface area contributed by atoms with Gasteiger partial charge in [0, 0.05) is 34.3 Å². The Kier molecular flexibility index (Phi) is 3.51. The van der Waals surface area contributed by atoms with Gasteiger partial charge in [-0.05, 0) is 29.8 Å². The van der Waals surface area contributed by atoms with Crippen LogP contribution < -0.4 is 0 Å². The number of pyridine rings is 2. The predicted molar refractivity (Wildman–Crippen MR) is 112 cm³/mol. The van der Waals surface area contributed by atoms with Crippen molar-refractivity contribution in [3.8, 4) is 33.8 Å². The van der Waals surface area contributed by atoms with E-state index in [1.165, 1.54) is 6.07 Å². The summed E-state index contributed by atoms with van der Waals surface area (Å²) in [5, 5.41) is 16.0. The van der Waals surface area contributed by atoms with Gasteiger partial charge in [-0.25, -0.2) is 9.37 Å². The van der Waals surface area contributed by atoms with Crippen molar-refractivity contribution in [3.63, 3.8) is 0 Å². The quantitative estimate of drug-likeness (QED) is 0.404. The fraction of sp³-hybridized carbons (Fsp3) is 0. The van der Waals surface area contributed by atoms with E-state index in [9.17, 15) is 4.39 Å². The maximum absolute atomic E-state index is 14.4. The van der Waals surface area contributed by atoms with Crippen LogP contribution in [0.25, 0.3) is 55.7 Å². The summed E-state index contributed by atoms with van der Waals surface area (Å²) in [6.45, 7) is 0. The molecule has 0 bridgehead atoms. The molecule has 0 saturated carbocycles. The van der Waals surface area contributed by atoms with Crippen LogP contribution in [0.5, 0.6) is 0 Å². The molecule has 7 nitrogen and oxygen atoms in total. The van der Waals surface area contributed by atoms with E-state index >= 15 is 0 Å². The van der Waals surface area contributed by atoms with Gasteiger partial charge in [0.25, 0.3) is 0 Å². The normalized spacial score (nSPS) is 11.5. The monoisotopic (exact) mass is 395 g/mol. The third-order valence-electron chi connectivity index (χ3n) is 5.19. The molecule has 0 aliphatic heterocycles. The minimum Gasteiger partial charge on any atom is -0.338 e. The molecule has 5 heterocycles. The van der Waals surface area contributed by atoms with E-state index in [1.807, 2.05) is 24.3 Å². The number of hydrogen-bond donors (Lipinski definition) is 3. The fourth-order valence-electron chi connectivity index (χ4n) is 3.74. The smallest absolute Gasteiger partial charge is 0.138 e. The molecule has 0 amide bonds. The van der Waals surface area contributed by atoms with Crippen LogP contribution in [0, 0.1) is 5.82 Å². The summed E-state index contributed by atoms with van der Waals surface area (Å²) in [5.74, 6) is -0.270. The lowest BCUT2D eigenvalue weighted by Gasteiger charge is -2.04. The van der Waals surface area contributed by atoms with E-state index in [0.29, 0.717) is 11.2 Å². The SMILES string of the molecule is Fc1ccccc1-c1ccnc2[nH]c(-c3n[nH]c4cnc(-c5cn[nH]c5)cc34)cc12. The molecule has 0 unspecified atom stereocenters. The highest BCUT2D eigenvalue weighted by Gasteiger charge is 2.16. The number of aromatic nitrogens is 7.